The number of aryl methyl sites for hydroxylation is 1. The molecule has 256 valence electrons. The molecule has 1 aromatic heterocycles. The van der Waals surface area contributed by atoms with E-state index in [9.17, 15) is 21.6 Å². The molecule has 12 nitrogen and oxygen atoms in total. The Morgan fingerprint density at radius 1 is 1.04 bits per heavy atom. The van der Waals surface area contributed by atoms with Gasteiger partial charge in [-0.25, -0.2) is 21.6 Å². The minimum absolute atomic E-state index is 0.0147. The first-order chi connectivity index (χ1) is 22.4. The number of sulfonamides is 1. The predicted octanol–water partition coefficient (Wildman–Crippen LogP) is 3.94. The molecule has 0 atom stereocenters. The van der Waals surface area contributed by atoms with Crippen molar-refractivity contribution in [1.82, 2.24) is 19.0 Å². The summed E-state index contributed by atoms with van der Waals surface area (Å²) in [6.45, 7) is 5.46. The molecule has 1 saturated heterocycles. The van der Waals surface area contributed by atoms with Crippen LogP contribution in [0, 0.1) is 0 Å². The number of likely N-dealkylation sites (tertiary alicyclic amines) is 1. The van der Waals surface area contributed by atoms with Gasteiger partial charge in [-0.3, -0.25) is 4.68 Å². The van der Waals surface area contributed by atoms with Crippen molar-refractivity contribution in [3.8, 4) is 17.0 Å². The molecule has 2 aromatic carbocycles. The number of carbonyl (C=O) groups excluding carboxylic acids is 1. The lowest BCUT2D eigenvalue weighted by molar-refractivity contribution is -0.142. The number of nitrogens with one attached hydrogen (secondary N) is 1. The van der Waals surface area contributed by atoms with Crippen LogP contribution in [0.4, 0.5) is 5.69 Å². The fraction of sp³-hybridized carbons (Fsp3) is 0.500. The SMILES string of the molecule is CCS(=O)(=O)c1ccc(OCC(=O)OC)c(NC2CCN(CCCn3nc(-c4ccc(Br)cc4)c4c3CCN(S(C)(=O)=O)C4)CC2)c1. The first kappa shape index (κ1) is 35.3. The number of piperidine rings is 1. The number of rotatable bonds is 13. The van der Waals surface area contributed by atoms with Crippen molar-refractivity contribution in [3.05, 3.63) is 58.2 Å². The topological polar surface area (TPSA) is 140 Å². The minimum atomic E-state index is -3.42. The molecule has 5 rings (SSSR count). The van der Waals surface area contributed by atoms with Crippen molar-refractivity contribution < 1.29 is 31.1 Å². The molecule has 0 bridgehead atoms. The van der Waals surface area contributed by atoms with Crippen molar-refractivity contribution in [1.29, 1.82) is 0 Å². The molecule has 0 spiro atoms. The van der Waals surface area contributed by atoms with Gasteiger partial charge in [0.1, 0.15) is 5.75 Å². The molecule has 0 amide bonds. The number of anilines is 1. The number of benzene rings is 2. The molecule has 1 N–H and O–H groups in total. The van der Waals surface area contributed by atoms with E-state index in [0.717, 1.165) is 72.4 Å². The highest BCUT2D eigenvalue weighted by Gasteiger charge is 2.30. The van der Waals surface area contributed by atoms with Crippen molar-refractivity contribution in [2.45, 2.75) is 56.6 Å². The monoisotopic (exact) mass is 751 g/mol. The van der Waals surface area contributed by atoms with Crippen LogP contribution >= 0.6 is 15.9 Å². The number of nitrogens with zero attached hydrogens (tertiary/aromatic N) is 4. The molecule has 15 heteroatoms. The number of sulfone groups is 1. The maximum atomic E-state index is 12.6. The van der Waals surface area contributed by atoms with Gasteiger partial charge in [0, 0.05) is 66.5 Å². The lowest BCUT2D eigenvalue weighted by Crippen LogP contribution is -2.40. The summed E-state index contributed by atoms with van der Waals surface area (Å²) < 4.78 is 64.7. The fourth-order valence-electron chi connectivity index (χ4n) is 6.04. The number of methoxy groups -OCH3 is 1. The van der Waals surface area contributed by atoms with E-state index in [0.29, 0.717) is 30.9 Å². The minimum Gasteiger partial charge on any atom is -0.480 e. The quantitative estimate of drug-likeness (QED) is 0.256. The van der Waals surface area contributed by atoms with Crippen LogP contribution in [-0.2, 0) is 48.9 Å². The second-order valence-electron chi connectivity index (χ2n) is 11.9. The van der Waals surface area contributed by atoms with Gasteiger partial charge < -0.3 is 19.7 Å². The molecule has 3 heterocycles. The highest BCUT2D eigenvalue weighted by atomic mass is 79.9. The maximum Gasteiger partial charge on any atom is 0.343 e. The van der Waals surface area contributed by atoms with E-state index in [1.54, 1.807) is 19.1 Å². The van der Waals surface area contributed by atoms with Crippen LogP contribution in [0.15, 0.2) is 51.8 Å². The summed E-state index contributed by atoms with van der Waals surface area (Å²) in [6.07, 6.45) is 4.48. The van der Waals surface area contributed by atoms with Crippen LogP contribution in [0.25, 0.3) is 11.3 Å². The van der Waals surface area contributed by atoms with E-state index >= 15 is 0 Å². The summed E-state index contributed by atoms with van der Waals surface area (Å²) in [7, 11) is -5.45. The first-order valence-corrected chi connectivity index (χ1v) is 20.0. The van der Waals surface area contributed by atoms with E-state index in [2.05, 4.69) is 35.6 Å². The molecule has 47 heavy (non-hydrogen) atoms. The van der Waals surface area contributed by atoms with Crippen LogP contribution < -0.4 is 10.1 Å². The van der Waals surface area contributed by atoms with E-state index in [1.165, 1.54) is 23.7 Å². The average Bonchev–Trinajstić information content (AvgIpc) is 3.42. The smallest absolute Gasteiger partial charge is 0.343 e. The Kier molecular flexibility index (Phi) is 11.3. The Morgan fingerprint density at radius 2 is 1.77 bits per heavy atom. The number of ether oxygens (including phenoxy) is 2. The third-order valence-corrected chi connectivity index (χ3v) is 12.3. The molecular formula is C32H42BrN5O7S2. The lowest BCUT2D eigenvalue weighted by Gasteiger charge is -2.33. The number of carbonyl (C=O) groups is 1. The molecule has 0 aliphatic carbocycles. The van der Waals surface area contributed by atoms with Crippen molar-refractivity contribution in [3.63, 3.8) is 0 Å². The Labute approximate surface area is 285 Å². The van der Waals surface area contributed by atoms with Crippen LogP contribution in [0.2, 0.25) is 0 Å². The fourth-order valence-corrected chi connectivity index (χ4v) is 8.00. The van der Waals surface area contributed by atoms with Gasteiger partial charge in [-0.15, -0.1) is 0 Å². The summed E-state index contributed by atoms with van der Waals surface area (Å²) in [5, 5.41) is 8.46. The molecular weight excluding hydrogens is 710 g/mol. The van der Waals surface area contributed by atoms with Crippen molar-refractivity contribution in [2.24, 2.45) is 0 Å². The summed E-state index contributed by atoms with van der Waals surface area (Å²) in [6, 6.07) is 12.7. The van der Waals surface area contributed by atoms with E-state index in [-0.39, 0.29) is 23.3 Å². The Morgan fingerprint density at radius 3 is 2.43 bits per heavy atom. The normalized spacial score (nSPS) is 16.5. The summed E-state index contributed by atoms with van der Waals surface area (Å²) in [4.78, 5) is 14.3. The standard InChI is InChI=1S/C32H42BrN5O7S2/c1-4-47(42,43)26-10-11-30(45-22-31(39)44-2)28(20-26)34-25-12-17-36(18-13-25)15-5-16-38-29-14-19-37(46(3,40)41)21-27(29)32(35-38)23-6-8-24(33)9-7-23/h6-11,20,25,34H,4-5,12-19,21-22H2,1-3H3. The summed E-state index contributed by atoms with van der Waals surface area (Å²) >= 11 is 3.49. The van der Waals surface area contributed by atoms with Gasteiger partial charge in [0.15, 0.2) is 16.4 Å². The molecule has 0 radical (unpaired) electrons. The molecule has 2 aliphatic heterocycles. The van der Waals surface area contributed by atoms with Crippen LogP contribution in [0.3, 0.4) is 0 Å². The van der Waals surface area contributed by atoms with Crippen LogP contribution in [0.5, 0.6) is 5.75 Å². The number of fused-ring (bicyclic) bond motifs is 1. The zero-order valence-corrected chi connectivity index (χ0v) is 30.2. The molecule has 1 fully saturated rings. The first-order valence-electron chi connectivity index (χ1n) is 15.7. The second kappa shape index (κ2) is 15.1. The van der Waals surface area contributed by atoms with E-state index in [4.69, 9.17) is 9.84 Å². The lowest BCUT2D eigenvalue weighted by atomic mass is 10.0. The zero-order valence-electron chi connectivity index (χ0n) is 26.9. The Bertz CT molecular complexity index is 1790. The molecule has 0 saturated carbocycles. The van der Waals surface area contributed by atoms with Crippen LogP contribution in [-0.4, -0.2) is 99.7 Å². The van der Waals surface area contributed by atoms with E-state index in [1.807, 2.05) is 24.3 Å². The van der Waals surface area contributed by atoms with Gasteiger partial charge in [-0.05, 0) is 56.1 Å². The molecule has 0 unspecified atom stereocenters. The third-order valence-electron chi connectivity index (χ3n) is 8.74. The van der Waals surface area contributed by atoms with Gasteiger partial charge in [0.05, 0.1) is 35.4 Å². The zero-order chi connectivity index (χ0) is 33.8. The highest BCUT2D eigenvalue weighted by molar-refractivity contribution is 9.10. The van der Waals surface area contributed by atoms with Gasteiger partial charge in [-0.2, -0.15) is 9.40 Å². The van der Waals surface area contributed by atoms with Gasteiger partial charge >= 0.3 is 5.97 Å². The van der Waals surface area contributed by atoms with Crippen molar-refractivity contribution in [2.75, 3.05) is 57.2 Å². The average molecular weight is 753 g/mol. The number of hydrogen-bond acceptors (Lipinski definition) is 10. The largest absolute Gasteiger partial charge is 0.480 e. The van der Waals surface area contributed by atoms with Gasteiger partial charge in [0.25, 0.3) is 0 Å². The summed E-state index contributed by atoms with van der Waals surface area (Å²) in [5.41, 5.74) is 4.41. The number of esters is 1. The second-order valence-corrected chi connectivity index (χ2v) is 17.1. The van der Waals surface area contributed by atoms with Crippen LogP contribution in [0.1, 0.15) is 37.4 Å². The third kappa shape index (κ3) is 8.74. The number of hydrogen-bond donors (Lipinski definition) is 1. The maximum absolute atomic E-state index is 12.6. The van der Waals surface area contributed by atoms with Gasteiger partial charge in [-0.1, -0.05) is 35.0 Å². The van der Waals surface area contributed by atoms with E-state index < -0.39 is 25.8 Å². The highest BCUT2D eigenvalue weighted by Crippen LogP contribution is 2.33. The molecule has 3 aromatic rings. The Balaban J connectivity index is 1.21. The van der Waals surface area contributed by atoms with Crippen molar-refractivity contribution >= 4 is 47.4 Å². The number of aromatic nitrogens is 2. The Hall–Kier alpha value is -2.98. The number of halogens is 1. The van der Waals surface area contributed by atoms with Gasteiger partial charge in [0.2, 0.25) is 10.0 Å². The predicted molar refractivity (Wildman–Crippen MR) is 184 cm³/mol. The summed E-state index contributed by atoms with van der Waals surface area (Å²) in [5.74, 6) is -0.137. The molecule has 2 aliphatic rings.